The quantitative estimate of drug-likeness (QED) is 0.578. The Morgan fingerprint density at radius 3 is 1.93 bits per heavy atom. The van der Waals surface area contributed by atoms with Crippen molar-refractivity contribution in [2.75, 3.05) is 43.0 Å². The Morgan fingerprint density at radius 1 is 0.821 bits per heavy atom. The average Bonchev–Trinajstić information content (AvgIpc) is 2.59. The molecule has 0 saturated carbocycles. The highest BCUT2D eigenvalue weighted by Crippen LogP contribution is 2.21. The summed E-state index contributed by atoms with van der Waals surface area (Å²) in [6, 6.07) is 16.1. The number of hydrogen-bond donors (Lipinski definition) is 0. The molecule has 0 amide bonds. The fourth-order valence-electron chi connectivity index (χ4n) is 2.68. The first kappa shape index (κ1) is 22.2. The van der Waals surface area contributed by atoms with Gasteiger partial charge in [0.1, 0.15) is 12.4 Å². The van der Waals surface area contributed by atoms with Crippen LogP contribution in [0.25, 0.3) is 0 Å². The average molecular weight is 427 g/mol. The van der Waals surface area contributed by atoms with E-state index in [-0.39, 0.29) is 5.69 Å². The van der Waals surface area contributed by atoms with Crippen LogP contribution in [-0.4, -0.2) is 61.0 Å². The third kappa shape index (κ3) is 6.81. The van der Waals surface area contributed by atoms with Crippen molar-refractivity contribution in [1.82, 2.24) is 4.90 Å². The Kier molecular flexibility index (Phi) is 7.45. The molecule has 7 nitrogen and oxygen atoms in total. The minimum absolute atomic E-state index is 0.110. The van der Waals surface area contributed by atoms with Gasteiger partial charge in [0.15, 0.2) is 0 Å². The van der Waals surface area contributed by atoms with E-state index in [1.54, 1.807) is 12.1 Å². The molecule has 0 atom stereocenters. The zero-order valence-electron chi connectivity index (χ0n) is 16.3. The van der Waals surface area contributed by atoms with Crippen LogP contribution >= 0.6 is 0 Å². The second-order valence-electron chi connectivity index (χ2n) is 6.60. The summed E-state index contributed by atoms with van der Waals surface area (Å²) in [5.41, 5.74) is 1.10. The number of sulfonamides is 2. The first-order valence-corrected chi connectivity index (χ1v) is 12.4. The molecule has 0 radical (unpaired) electrons. The Hall–Kier alpha value is -2.10. The van der Waals surface area contributed by atoms with E-state index in [0.717, 1.165) is 43.3 Å². The van der Waals surface area contributed by atoms with E-state index in [4.69, 9.17) is 4.74 Å². The van der Waals surface area contributed by atoms with Gasteiger partial charge in [-0.3, -0.25) is 0 Å². The third-order valence-corrected chi connectivity index (χ3v) is 7.27. The number of anilines is 1. The van der Waals surface area contributed by atoms with Crippen molar-refractivity contribution in [3.63, 3.8) is 0 Å². The maximum absolute atomic E-state index is 11.8. The molecule has 0 fully saturated rings. The second kappa shape index (κ2) is 9.40. The van der Waals surface area contributed by atoms with Crippen molar-refractivity contribution in [3.05, 3.63) is 60.2 Å². The predicted molar refractivity (Wildman–Crippen MR) is 112 cm³/mol. The van der Waals surface area contributed by atoms with Crippen LogP contribution in [-0.2, 0) is 26.5 Å². The van der Waals surface area contributed by atoms with Gasteiger partial charge in [0.2, 0.25) is 20.0 Å². The smallest absolute Gasteiger partial charge is 0.245 e. The van der Waals surface area contributed by atoms with Gasteiger partial charge < -0.3 is 9.64 Å². The third-order valence-electron chi connectivity index (χ3n) is 4.02. The monoisotopic (exact) mass is 426 g/mol. The second-order valence-corrected chi connectivity index (χ2v) is 10.5. The summed E-state index contributed by atoms with van der Waals surface area (Å²) in [4.78, 5) is 2.14. The summed E-state index contributed by atoms with van der Waals surface area (Å²) >= 11 is 0. The lowest BCUT2D eigenvalue weighted by atomic mass is 10.1. The van der Waals surface area contributed by atoms with Crippen molar-refractivity contribution >= 4 is 25.7 Å². The van der Waals surface area contributed by atoms with Gasteiger partial charge in [-0.1, -0.05) is 30.3 Å². The van der Waals surface area contributed by atoms with Gasteiger partial charge in [-0.2, -0.15) is 3.71 Å². The molecule has 154 valence electrons. The van der Waals surface area contributed by atoms with Crippen LogP contribution in [0.4, 0.5) is 5.69 Å². The molecular formula is C19H26N2O5S2. The molecule has 2 aromatic rings. The highest BCUT2D eigenvalue weighted by molar-refractivity contribution is 8.09. The van der Waals surface area contributed by atoms with Gasteiger partial charge in [-0.05, 0) is 43.3 Å². The van der Waals surface area contributed by atoms with Crippen LogP contribution in [0.3, 0.4) is 0 Å². The maximum atomic E-state index is 11.8. The molecule has 0 aliphatic carbocycles. The summed E-state index contributed by atoms with van der Waals surface area (Å²) < 4.78 is 53.4. The van der Waals surface area contributed by atoms with E-state index < -0.39 is 20.0 Å². The Morgan fingerprint density at radius 2 is 1.39 bits per heavy atom. The van der Waals surface area contributed by atoms with Crippen LogP contribution in [0.15, 0.2) is 54.6 Å². The zero-order chi connectivity index (χ0) is 20.8. The van der Waals surface area contributed by atoms with E-state index in [1.807, 2.05) is 37.4 Å². The standard InChI is InChI=1S/C19H26N2O5S2/c1-20(15-16-26-19-7-5-4-6-8-19)14-13-17-9-11-18(12-10-17)21(27(2,22)23)28(3,24)25/h4-12H,13-16H2,1-3H3. The molecule has 0 aliphatic rings. The van der Waals surface area contributed by atoms with Gasteiger partial charge in [0.05, 0.1) is 18.2 Å². The van der Waals surface area contributed by atoms with Crippen molar-refractivity contribution < 1.29 is 21.6 Å². The number of ether oxygens (including phenoxy) is 1. The van der Waals surface area contributed by atoms with Crippen LogP contribution in [0, 0.1) is 0 Å². The molecule has 2 aromatic carbocycles. The van der Waals surface area contributed by atoms with Gasteiger partial charge in [-0.25, -0.2) is 16.8 Å². The molecule has 28 heavy (non-hydrogen) atoms. The lowest BCUT2D eigenvalue weighted by Gasteiger charge is -2.20. The highest BCUT2D eigenvalue weighted by Gasteiger charge is 2.26. The lowest BCUT2D eigenvalue weighted by molar-refractivity contribution is 0.239. The first-order valence-electron chi connectivity index (χ1n) is 8.73. The molecule has 0 aliphatic heterocycles. The molecule has 0 N–H and O–H groups in total. The van der Waals surface area contributed by atoms with E-state index in [2.05, 4.69) is 4.90 Å². The topological polar surface area (TPSA) is 84.0 Å². The molecule has 0 aromatic heterocycles. The van der Waals surface area contributed by atoms with E-state index in [9.17, 15) is 16.8 Å². The van der Waals surface area contributed by atoms with Gasteiger partial charge in [-0.15, -0.1) is 0 Å². The van der Waals surface area contributed by atoms with Crippen LogP contribution in [0.5, 0.6) is 5.75 Å². The Labute approximate surface area is 167 Å². The lowest BCUT2D eigenvalue weighted by Crippen LogP contribution is -2.35. The SMILES string of the molecule is CN(CCOc1ccccc1)CCc1ccc(N(S(C)(=O)=O)S(C)(=O)=O)cc1. The number of benzene rings is 2. The zero-order valence-corrected chi connectivity index (χ0v) is 17.9. The van der Waals surface area contributed by atoms with E-state index >= 15 is 0 Å². The van der Waals surface area contributed by atoms with Crippen LogP contribution < -0.4 is 8.45 Å². The molecule has 0 heterocycles. The number of para-hydroxylation sites is 1. The summed E-state index contributed by atoms with van der Waals surface area (Å²) in [7, 11) is -5.85. The molecule has 2 rings (SSSR count). The predicted octanol–water partition coefficient (Wildman–Crippen LogP) is 1.97. The minimum atomic E-state index is -3.92. The van der Waals surface area contributed by atoms with Gasteiger partial charge >= 0.3 is 0 Å². The minimum Gasteiger partial charge on any atom is -0.492 e. The highest BCUT2D eigenvalue weighted by atomic mass is 32.3. The van der Waals surface area contributed by atoms with Crippen LogP contribution in [0.2, 0.25) is 0 Å². The summed E-state index contributed by atoms with van der Waals surface area (Å²) in [5, 5.41) is 0. The molecule has 0 bridgehead atoms. The molecule has 0 spiro atoms. The Bertz CT molecular complexity index is 927. The maximum Gasteiger partial charge on any atom is 0.245 e. The van der Waals surface area contributed by atoms with Crippen molar-refractivity contribution in [2.24, 2.45) is 0 Å². The summed E-state index contributed by atoms with van der Waals surface area (Å²) in [6.45, 7) is 2.14. The van der Waals surface area contributed by atoms with E-state index in [1.165, 1.54) is 12.1 Å². The van der Waals surface area contributed by atoms with Crippen molar-refractivity contribution in [3.8, 4) is 5.75 Å². The van der Waals surface area contributed by atoms with Crippen molar-refractivity contribution in [1.29, 1.82) is 0 Å². The number of likely N-dealkylation sites (N-methyl/N-ethyl adjacent to an activating group) is 1. The molecular weight excluding hydrogens is 400 g/mol. The fraction of sp³-hybridized carbons (Fsp3) is 0.368. The summed E-state index contributed by atoms with van der Waals surface area (Å²) in [5.74, 6) is 0.841. The summed E-state index contributed by atoms with van der Waals surface area (Å²) in [6.07, 6.45) is 2.49. The number of rotatable bonds is 10. The Balaban J connectivity index is 1.88. The number of hydrogen-bond acceptors (Lipinski definition) is 6. The van der Waals surface area contributed by atoms with Gasteiger partial charge in [0.25, 0.3) is 0 Å². The molecule has 9 heteroatoms. The van der Waals surface area contributed by atoms with E-state index in [0.29, 0.717) is 10.3 Å². The largest absolute Gasteiger partial charge is 0.492 e. The van der Waals surface area contributed by atoms with Crippen molar-refractivity contribution in [2.45, 2.75) is 6.42 Å². The van der Waals surface area contributed by atoms with Gasteiger partial charge in [0, 0.05) is 13.1 Å². The first-order chi connectivity index (χ1) is 13.1. The fourth-order valence-corrected chi connectivity index (χ4v) is 5.66. The normalized spacial score (nSPS) is 12.1. The number of nitrogens with zero attached hydrogens (tertiary/aromatic N) is 2. The molecule has 0 saturated heterocycles. The molecule has 0 unspecified atom stereocenters. The van der Waals surface area contributed by atoms with Crippen LogP contribution in [0.1, 0.15) is 5.56 Å².